The molecule has 2 aliphatic heterocycles. The smallest absolute Gasteiger partial charge is 0.0110 e. The van der Waals surface area contributed by atoms with Crippen molar-refractivity contribution in [2.24, 2.45) is 5.73 Å². The van der Waals surface area contributed by atoms with Crippen LogP contribution in [0.3, 0.4) is 0 Å². The zero-order valence-electron chi connectivity index (χ0n) is 10.2. The molecule has 0 saturated carbocycles. The van der Waals surface area contributed by atoms with Crippen molar-refractivity contribution in [1.82, 2.24) is 9.80 Å². The van der Waals surface area contributed by atoms with Crippen LogP contribution in [0.15, 0.2) is 0 Å². The van der Waals surface area contributed by atoms with E-state index in [0.717, 1.165) is 6.54 Å². The second-order valence-corrected chi connectivity index (χ2v) is 4.53. The Morgan fingerprint density at radius 3 is 1.80 bits per heavy atom. The second-order valence-electron chi connectivity index (χ2n) is 4.53. The predicted molar refractivity (Wildman–Crippen MR) is 66.1 cm³/mol. The minimum Gasteiger partial charge on any atom is -0.330 e. The Balaban J connectivity index is 0.000000151. The van der Waals surface area contributed by atoms with E-state index in [1.165, 1.54) is 65.0 Å². The Bertz CT molecular complexity index is 142. The molecule has 90 valence electrons. The second kappa shape index (κ2) is 8.08. The number of unbranched alkanes of at least 4 members (excludes halogenated alkanes) is 2. The van der Waals surface area contributed by atoms with Gasteiger partial charge in [-0.25, -0.2) is 0 Å². The third-order valence-corrected chi connectivity index (χ3v) is 2.84. The average Bonchev–Trinajstić information content (AvgIpc) is 3.11. The third kappa shape index (κ3) is 8.85. The van der Waals surface area contributed by atoms with Crippen LogP contribution >= 0.6 is 0 Å². The zero-order valence-corrected chi connectivity index (χ0v) is 10.2. The summed E-state index contributed by atoms with van der Waals surface area (Å²) in [6.45, 7) is 11.0. The van der Waals surface area contributed by atoms with Gasteiger partial charge >= 0.3 is 0 Å². The molecule has 2 saturated heterocycles. The summed E-state index contributed by atoms with van der Waals surface area (Å²) < 4.78 is 0. The number of nitrogens with two attached hydrogens (primary N) is 1. The van der Waals surface area contributed by atoms with Crippen molar-refractivity contribution >= 4 is 0 Å². The van der Waals surface area contributed by atoms with Crippen LogP contribution in [0.25, 0.3) is 0 Å². The summed E-state index contributed by atoms with van der Waals surface area (Å²) in [6, 6.07) is 0. The summed E-state index contributed by atoms with van der Waals surface area (Å²) in [5.74, 6) is 0. The van der Waals surface area contributed by atoms with Crippen molar-refractivity contribution < 1.29 is 0 Å². The van der Waals surface area contributed by atoms with Crippen LogP contribution in [0.4, 0.5) is 0 Å². The van der Waals surface area contributed by atoms with Crippen LogP contribution in [0.5, 0.6) is 0 Å². The van der Waals surface area contributed by atoms with E-state index in [-0.39, 0.29) is 0 Å². The highest BCUT2D eigenvalue weighted by atomic mass is 15.3. The monoisotopic (exact) mass is 213 g/mol. The van der Waals surface area contributed by atoms with Crippen molar-refractivity contribution in [2.45, 2.75) is 32.6 Å². The van der Waals surface area contributed by atoms with E-state index in [0.29, 0.717) is 0 Å². The third-order valence-electron chi connectivity index (χ3n) is 2.84. The summed E-state index contributed by atoms with van der Waals surface area (Å²) in [6.07, 6.45) is 5.35. The number of nitrogens with zero attached hydrogens (tertiary/aromatic N) is 2. The molecule has 0 bridgehead atoms. The van der Waals surface area contributed by atoms with Gasteiger partial charge in [0.15, 0.2) is 0 Å². The van der Waals surface area contributed by atoms with E-state index in [4.69, 9.17) is 5.73 Å². The highest BCUT2D eigenvalue weighted by Gasteiger charge is 2.15. The summed E-state index contributed by atoms with van der Waals surface area (Å²) in [7, 11) is 0. The van der Waals surface area contributed by atoms with E-state index in [1.807, 2.05) is 0 Å². The first-order valence-corrected chi connectivity index (χ1v) is 6.51. The molecule has 0 unspecified atom stereocenters. The van der Waals surface area contributed by atoms with E-state index in [2.05, 4.69) is 16.7 Å². The Labute approximate surface area is 94.6 Å². The molecular weight excluding hydrogens is 186 g/mol. The maximum absolute atomic E-state index is 5.28. The molecule has 2 heterocycles. The van der Waals surface area contributed by atoms with Crippen LogP contribution in [-0.2, 0) is 0 Å². The maximum atomic E-state index is 5.28. The lowest BCUT2D eigenvalue weighted by atomic mass is 10.2. The van der Waals surface area contributed by atoms with Crippen LogP contribution in [0.1, 0.15) is 32.6 Å². The van der Waals surface area contributed by atoms with Gasteiger partial charge in [-0.1, -0.05) is 19.8 Å². The quantitative estimate of drug-likeness (QED) is 0.508. The Kier molecular flexibility index (Phi) is 6.98. The van der Waals surface area contributed by atoms with Crippen LogP contribution in [-0.4, -0.2) is 55.6 Å². The average molecular weight is 213 g/mol. The number of hydrogen-bond acceptors (Lipinski definition) is 3. The molecule has 3 heteroatoms. The molecule has 2 rings (SSSR count). The van der Waals surface area contributed by atoms with Gasteiger partial charge in [-0.2, -0.15) is 0 Å². The van der Waals surface area contributed by atoms with Crippen molar-refractivity contribution in [2.75, 3.05) is 45.8 Å². The minimum atomic E-state index is 0.844. The van der Waals surface area contributed by atoms with Gasteiger partial charge in [-0.3, -0.25) is 0 Å². The van der Waals surface area contributed by atoms with Crippen molar-refractivity contribution in [3.05, 3.63) is 0 Å². The topological polar surface area (TPSA) is 32.0 Å². The molecule has 2 aliphatic rings. The van der Waals surface area contributed by atoms with Crippen molar-refractivity contribution in [3.63, 3.8) is 0 Å². The first-order valence-electron chi connectivity index (χ1n) is 6.51. The van der Waals surface area contributed by atoms with Gasteiger partial charge < -0.3 is 15.5 Å². The van der Waals surface area contributed by atoms with Gasteiger partial charge in [0.05, 0.1) is 0 Å². The SMILES string of the molecule is CCCCCN1CC1.NCCCN1CC1. The molecule has 2 N–H and O–H groups in total. The molecular formula is C12H27N3. The van der Waals surface area contributed by atoms with Gasteiger partial charge in [0, 0.05) is 26.2 Å². The highest BCUT2D eigenvalue weighted by Crippen LogP contribution is 2.05. The molecule has 0 aromatic heterocycles. The lowest BCUT2D eigenvalue weighted by Crippen LogP contribution is -2.06. The molecule has 0 amide bonds. The molecule has 2 fully saturated rings. The highest BCUT2D eigenvalue weighted by molar-refractivity contribution is 4.71. The Morgan fingerprint density at radius 1 is 0.867 bits per heavy atom. The van der Waals surface area contributed by atoms with Crippen LogP contribution in [0, 0.1) is 0 Å². The molecule has 0 aromatic carbocycles. The fourth-order valence-corrected chi connectivity index (χ4v) is 1.49. The molecule has 0 spiro atoms. The number of rotatable bonds is 7. The maximum Gasteiger partial charge on any atom is 0.0110 e. The van der Waals surface area contributed by atoms with Gasteiger partial charge in [-0.15, -0.1) is 0 Å². The molecule has 3 nitrogen and oxygen atoms in total. The van der Waals surface area contributed by atoms with Crippen molar-refractivity contribution in [1.29, 1.82) is 0 Å². The normalized spacial score (nSPS) is 19.6. The van der Waals surface area contributed by atoms with Crippen LogP contribution in [0.2, 0.25) is 0 Å². The fourth-order valence-electron chi connectivity index (χ4n) is 1.49. The largest absolute Gasteiger partial charge is 0.330 e. The summed E-state index contributed by atoms with van der Waals surface area (Å²) in [5, 5.41) is 0. The number of hydrogen-bond donors (Lipinski definition) is 1. The standard InChI is InChI=1S/C7H15N.C5H12N2/c1-2-3-4-5-8-6-7-8;6-2-1-3-7-4-5-7/h2-7H2,1H3;1-6H2. The van der Waals surface area contributed by atoms with Crippen molar-refractivity contribution in [3.8, 4) is 0 Å². The summed E-state index contributed by atoms with van der Waals surface area (Å²) >= 11 is 0. The van der Waals surface area contributed by atoms with Crippen LogP contribution < -0.4 is 5.73 Å². The lowest BCUT2D eigenvalue weighted by Gasteiger charge is -1.96. The molecule has 0 atom stereocenters. The fraction of sp³-hybridized carbons (Fsp3) is 1.00. The van der Waals surface area contributed by atoms with Gasteiger partial charge in [0.1, 0.15) is 0 Å². The Hall–Kier alpha value is -0.120. The van der Waals surface area contributed by atoms with E-state index in [9.17, 15) is 0 Å². The van der Waals surface area contributed by atoms with Gasteiger partial charge in [0.2, 0.25) is 0 Å². The van der Waals surface area contributed by atoms with Gasteiger partial charge in [0.25, 0.3) is 0 Å². The van der Waals surface area contributed by atoms with E-state index in [1.54, 1.807) is 0 Å². The Morgan fingerprint density at radius 2 is 1.40 bits per heavy atom. The summed E-state index contributed by atoms with van der Waals surface area (Å²) in [5.41, 5.74) is 5.28. The van der Waals surface area contributed by atoms with E-state index >= 15 is 0 Å². The first kappa shape index (κ1) is 12.9. The molecule has 0 aromatic rings. The zero-order chi connectivity index (χ0) is 10.9. The summed E-state index contributed by atoms with van der Waals surface area (Å²) in [4.78, 5) is 4.86. The first-order chi connectivity index (χ1) is 7.36. The predicted octanol–water partition coefficient (Wildman–Crippen LogP) is 1.14. The molecule has 0 radical (unpaired) electrons. The molecule has 15 heavy (non-hydrogen) atoms. The lowest BCUT2D eigenvalue weighted by molar-refractivity contribution is 0.517. The molecule has 0 aliphatic carbocycles. The van der Waals surface area contributed by atoms with E-state index < -0.39 is 0 Å². The minimum absolute atomic E-state index is 0.844. The van der Waals surface area contributed by atoms with Gasteiger partial charge in [-0.05, 0) is 32.5 Å².